The fraction of sp³-hybridized carbons (Fsp3) is 0.0455. The summed E-state index contributed by atoms with van der Waals surface area (Å²) in [4.78, 5) is 29.2. The molecule has 0 bridgehead atoms. The second kappa shape index (κ2) is 7.89. The van der Waals surface area contributed by atoms with Gasteiger partial charge in [0.15, 0.2) is 0 Å². The molecular weight excluding hydrogens is 432 g/mol. The van der Waals surface area contributed by atoms with Crippen LogP contribution in [0.5, 0.6) is 5.75 Å². The van der Waals surface area contributed by atoms with E-state index < -0.39 is 17.2 Å². The maximum absolute atomic E-state index is 14.4. The van der Waals surface area contributed by atoms with E-state index in [2.05, 4.69) is 4.98 Å². The normalized spacial score (nSPS) is 10.9. The number of hydrogen-bond acceptors (Lipinski definition) is 5. The van der Waals surface area contributed by atoms with E-state index in [1.165, 1.54) is 61.7 Å². The third-order valence-corrected chi connectivity index (χ3v) is 4.94. The number of rotatable bonds is 3. The van der Waals surface area contributed by atoms with Crippen LogP contribution in [-0.2, 0) is 0 Å². The van der Waals surface area contributed by atoms with Crippen LogP contribution in [-0.4, -0.2) is 11.0 Å². The highest BCUT2D eigenvalue weighted by Gasteiger charge is 2.20. The average Bonchev–Trinajstić information content (AvgIpc) is 2.70. The maximum Gasteiger partial charge on any atom is 0.362 e. The molecule has 0 aliphatic carbocycles. The minimum atomic E-state index is -0.717. The largest absolute Gasteiger partial charge is 0.460 e. The number of aryl methyl sites for hydroxylation is 1. The van der Waals surface area contributed by atoms with Gasteiger partial charge in [0.25, 0.3) is 0 Å². The smallest absolute Gasteiger partial charge is 0.362 e. The Hall–Kier alpha value is -3.22. The van der Waals surface area contributed by atoms with Crippen LogP contribution >= 0.6 is 23.2 Å². The molecule has 8 heteroatoms. The first-order chi connectivity index (χ1) is 14.3. The lowest BCUT2D eigenvalue weighted by Crippen LogP contribution is -2.11. The SMILES string of the molecule is Cc1oc2cc(OC(=O)c3cc(Cl)ccn3)ccc2c(=O)c1-c1c(F)cccc1Cl. The van der Waals surface area contributed by atoms with E-state index in [1.54, 1.807) is 0 Å². The molecule has 2 heterocycles. The Balaban J connectivity index is 1.77. The van der Waals surface area contributed by atoms with Crippen LogP contribution in [0.2, 0.25) is 10.0 Å². The van der Waals surface area contributed by atoms with Gasteiger partial charge in [-0.1, -0.05) is 29.3 Å². The van der Waals surface area contributed by atoms with Crippen molar-refractivity contribution >= 4 is 40.1 Å². The molecule has 4 rings (SSSR count). The molecule has 0 N–H and O–H groups in total. The first kappa shape index (κ1) is 20.1. The van der Waals surface area contributed by atoms with Crippen LogP contribution < -0.4 is 10.2 Å². The Labute approximate surface area is 179 Å². The lowest BCUT2D eigenvalue weighted by molar-refractivity contribution is 0.0729. The topological polar surface area (TPSA) is 69.4 Å². The highest BCUT2D eigenvalue weighted by Crippen LogP contribution is 2.33. The van der Waals surface area contributed by atoms with E-state index in [1.807, 2.05) is 0 Å². The van der Waals surface area contributed by atoms with Crippen molar-refractivity contribution in [3.8, 4) is 16.9 Å². The number of nitrogens with zero attached hydrogens (tertiary/aromatic N) is 1. The predicted octanol–water partition coefficient (Wildman–Crippen LogP) is 5.83. The molecule has 0 unspecified atom stereocenters. The van der Waals surface area contributed by atoms with Crippen LogP contribution in [0, 0.1) is 12.7 Å². The van der Waals surface area contributed by atoms with Crippen molar-refractivity contribution in [3.05, 3.63) is 92.3 Å². The second-order valence-electron chi connectivity index (χ2n) is 6.37. The Morgan fingerprint density at radius 2 is 1.90 bits per heavy atom. The van der Waals surface area contributed by atoms with Crippen LogP contribution in [0.1, 0.15) is 16.2 Å². The van der Waals surface area contributed by atoms with Crippen molar-refractivity contribution in [2.24, 2.45) is 0 Å². The quantitative estimate of drug-likeness (QED) is 0.294. The molecule has 0 amide bonds. The fourth-order valence-corrected chi connectivity index (χ4v) is 3.47. The molecule has 0 aliphatic rings. The average molecular weight is 444 g/mol. The van der Waals surface area contributed by atoms with Crippen molar-refractivity contribution in [3.63, 3.8) is 0 Å². The summed E-state index contributed by atoms with van der Waals surface area (Å²) >= 11 is 12.0. The summed E-state index contributed by atoms with van der Waals surface area (Å²) in [5.74, 6) is -1.02. The third kappa shape index (κ3) is 3.67. The monoisotopic (exact) mass is 443 g/mol. The van der Waals surface area contributed by atoms with Crippen molar-refractivity contribution in [1.82, 2.24) is 4.98 Å². The number of hydrogen-bond donors (Lipinski definition) is 0. The van der Waals surface area contributed by atoms with E-state index >= 15 is 0 Å². The summed E-state index contributed by atoms with van der Waals surface area (Å²) in [6.45, 7) is 1.54. The summed E-state index contributed by atoms with van der Waals surface area (Å²) in [6.07, 6.45) is 1.39. The molecule has 0 saturated heterocycles. The Morgan fingerprint density at radius 3 is 2.63 bits per heavy atom. The molecule has 0 radical (unpaired) electrons. The summed E-state index contributed by atoms with van der Waals surface area (Å²) in [5.41, 5.74) is -0.216. The van der Waals surface area contributed by atoms with E-state index in [4.69, 9.17) is 32.4 Å². The Morgan fingerprint density at radius 1 is 1.10 bits per heavy atom. The number of pyridine rings is 1. The van der Waals surface area contributed by atoms with Crippen molar-refractivity contribution in [2.75, 3.05) is 0 Å². The minimum Gasteiger partial charge on any atom is -0.460 e. The van der Waals surface area contributed by atoms with Crippen LogP contribution in [0.25, 0.3) is 22.1 Å². The standard InChI is InChI=1S/C22H12Cl2FNO4/c1-11-19(20-15(24)3-2-4-16(20)25)21(27)14-6-5-13(10-18(14)29-11)30-22(28)17-9-12(23)7-8-26-17/h2-10H,1H3. The van der Waals surface area contributed by atoms with Gasteiger partial charge in [-0.15, -0.1) is 0 Å². The lowest BCUT2D eigenvalue weighted by Gasteiger charge is -2.10. The Bertz CT molecular complexity index is 1350. The van der Waals surface area contributed by atoms with Crippen LogP contribution in [0.4, 0.5) is 4.39 Å². The number of benzene rings is 2. The molecule has 5 nitrogen and oxygen atoms in total. The molecule has 2 aromatic heterocycles. The van der Waals surface area contributed by atoms with E-state index in [-0.39, 0.29) is 44.3 Å². The second-order valence-corrected chi connectivity index (χ2v) is 7.21. The van der Waals surface area contributed by atoms with Gasteiger partial charge in [0.1, 0.15) is 28.6 Å². The zero-order valence-electron chi connectivity index (χ0n) is 15.4. The molecule has 0 spiro atoms. The molecule has 30 heavy (non-hydrogen) atoms. The molecule has 0 fully saturated rings. The number of fused-ring (bicyclic) bond motifs is 1. The summed E-state index contributed by atoms with van der Waals surface area (Å²) in [5, 5.41) is 0.635. The predicted molar refractivity (Wildman–Crippen MR) is 112 cm³/mol. The van der Waals surface area contributed by atoms with Gasteiger partial charge in [0.05, 0.1) is 16.0 Å². The van der Waals surface area contributed by atoms with E-state index in [0.717, 1.165) is 0 Å². The number of esters is 1. The highest BCUT2D eigenvalue weighted by atomic mass is 35.5. The number of carbonyl (C=O) groups excluding carboxylic acids is 1. The molecule has 4 aromatic rings. The third-order valence-electron chi connectivity index (χ3n) is 4.39. The van der Waals surface area contributed by atoms with Gasteiger partial charge in [-0.25, -0.2) is 14.2 Å². The Kier molecular flexibility index (Phi) is 5.28. The number of aromatic nitrogens is 1. The number of halogens is 3. The van der Waals surface area contributed by atoms with Gasteiger partial charge in [-0.05, 0) is 43.3 Å². The minimum absolute atomic E-state index is 0.0187. The molecule has 0 atom stereocenters. The lowest BCUT2D eigenvalue weighted by atomic mass is 10.0. The van der Waals surface area contributed by atoms with Crippen molar-refractivity contribution in [2.45, 2.75) is 6.92 Å². The summed E-state index contributed by atoms with van der Waals surface area (Å²) < 4.78 is 25.4. The van der Waals surface area contributed by atoms with Crippen molar-refractivity contribution in [1.29, 1.82) is 0 Å². The van der Waals surface area contributed by atoms with Gasteiger partial charge < -0.3 is 9.15 Å². The molecule has 2 aromatic carbocycles. The van der Waals surface area contributed by atoms with Gasteiger partial charge in [0, 0.05) is 22.8 Å². The fourth-order valence-electron chi connectivity index (χ4n) is 3.05. The van der Waals surface area contributed by atoms with E-state index in [0.29, 0.717) is 5.02 Å². The summed E-state index contributed by atoms with van der Waals surface area (Å²) in [6, 6.07) is 11.3. The van der Waals surface area contributed by atoms with Gasteiger partial charge in [-0.2, -0.15) is 0 Å². The zero-order chi connectivity index (χ0) is 21.4. The molecule has 0 aliphatic heterocycles. The van der Waals surface area contributed by atoms with Gasteiger partial charge in [-0.3, -0.25) is 4.79 Å². The first-order valence-electron chi connectivity index (χ1n) is 8.70. The van der Waals surface area contributed by atoms with Crippen LogP contribution in [0.3, 0.4) is 0 Å². The first-order valence-corrected chi connectivity index (χ1v) is 9.46. The summed E-state index contributed by atoms with van der Waals surface area (Å²) in [7, 11) is 0. The van der Waals surface area contributed by atoms with Gasteiger partial charge in [0.2, 0.25) is 5.43 Å². The van der Waals surface area contributed by atoms with Crippen molar-refractivity contribution < 1.29 is 18.3 Å². The molecule has 150 valence electrons. The molecule has 0 saturated carbocycles. The van der Waals surface area contributed by atoms with E-state index in [9.17, 15) is 14.0 Å². The highest BCUT2D eigenvalue weighted by molar-refractivity contribution is 6.33. The van der Waals surface area contributed by atoms with Crippen LogP contribution in [0.15, 0.2) is 63.9 Å². The number of carbonyl (C=O) groups is 1. The maximum atomic E-state index is 14.4. The molecular formula is C22H12Cl2FNO4. The number of ether oxygens (including phenoxy) is 1. The van der Waals surface area contributed by atoms with Gasteiger partial charge >= 0.3 is 5.97 Å². The zero-order valence-corrected chi connectivity index (χ0v) is 16.9.